The number of pyridine rings is 1. The summed E-state index contributed by atoms with van der Waals surface area (Å²) in [5.41, 5.74) is 4.47. The average Bonchev–Trinajstić information content (AvgIpc) is 3.43. The largest absolute Gasteiger partial charge is 0.454 e. The van der Waals surface area contributed by atoms with Crippen molar-refractivity contribution in [3.63, 3.8) is 0 Å². The van der Waals surface area contributed by atoms with Crippen molar-refractivity contribution in [2.75, 3.05) is 6.79 Å². The minimum atomic E-state index is -0.294. The van der Waals surface area contributed by atoms with E-state index in [0.29, 0.717) is 39.8 Å². The van der Waals surface area contributed by atoms with Crippen molar-refractivity contribution >= 4 is 28.3 Å². The number of aromatic nitrogens is 5. The van der Waals surface area contributed by atoms with Crippen LogP contribution in [0.15, 0.2) is 59.5 Å². The third kappa shape index (κ3) is 2.76. The van der Waals surface area contributed by atoms with Crippen molar-refractivity contribution in [2.45, 2.75) is 13.3 Å². The molecular formula is C23H16ClN5O3. The predicted octanol–water partition coefficient (Wildman–Crippen LogP) is 4.04. The Morgan fingerprint density at radius 2 is 1.84 bits per heavy atom. The van der Waals surface area contributed by atoms with Gasteiger partial charge < -0.3 is 9.47 Å². The van der Waals surface area contributed by atoms with Crippen molar-refractivity contribution in [2.24, 2.45) is 0 Å². The molecule has 5 aromatic rings. The van der Waals surface area contributed by atoms with Crippen molar-refractivity contribution in [3.05, 3.63) is 75.8 Å². The van der Waals surface area contributed by atoms with Crippen LogP contribution in [-0.4, -0.2) is 31.2 Å². The fourth-order valence-electron chi connectivity index (χ4n) is 3.99. The topological polar surface area (TPSA) is 83.5 Å². The molecule has 0 unspecified atom stereocenters. The SMILES string of the molecule is CCc1nn2c(nnc3c(=O)n(-c4ccc5c(c4)OCO5)ccc32)c1-c1ccc(Cl)cc1. The molecule has 9 heteroatoms. The highest BCUT2D eigenvalue weighted by molar-refractivity contribution is 6.30. The second-order valence-corrected chi connectivity index (χ2v) is 7.82. The molecule has 2 aromatic carbocycles. The molecule has 0 amide bonds. The van der Waals surface area contributed by atoms with E-state index in [1.807, 2.05) is 37.3 Å². The molecule has 158 valence electrons. The summed E-state index contributed by atoms with van der Waals surface area (Å²) >= 11 is 6.06. The Morgan fingerprint density at radius 3 is 2.66 bits per heavy atom. The highest BCUT2D eigenvalue weighted by atomic mass is 35.5. The Bertz CT molecular complexity index is 1570. The Labute approximate surface area is 186 Å². The molecule has 3 aromatic heterocycles. The van der Waals surface area contributed by atoms with Gasteiger partial charge in [-0.3, -0.25) is 9.36 Å². The van der Waals surface area contributed by atoms with Crippen molar-refractivity contribution in [1.29, 1.82) is 0 Å². The van der Waals surface area contributed by atoms with Crippen molar-refractivity contribution < 1.29 is 9.47 Å². The standard InChI is InChI=1S/C23H16ClN5O3/c1-2-16-20(13-3-5-14(24)6-4-13)22-26-25-21-17(29(22)27-16)9-10-28(23(21)30)15-7-8-18-19(11-15)32-12-31-18/h3-11H,2,12H2,1H3. The van der Waals surface area contributed by atoms with Gasteiger partial charge in [0.05, 0.1) is 16.9 Å². The number of hydrogen-bond acceptors (Lipinski definition) is 6. The van der Waals surface area contributed by atoms with Crippen LogP contribution in [0.25, 0.3) is 33.5 Å². The minimum Gasteiger partial charge on any atom is -0.454 e. The van der Waals surface area contributed by atoms with Crippen LogP contribution in [0.1, 0.15) is 12.6 Å². The lowest BCUT2D eigenvalue weighted by Gasteiger charge is -2.08. The van der Waals surface area contributed by atoms with E-state index in [9.17, 15) is 4.79 Å². The maximum Gasteiger partial charge on any atom is 0.285 e. The molecule has 0 saturated heterocycles. The van der Waals surface area contributed by atoms with Crippen LogP contribution < -0.4 is 15.0 Å². The fraction of sp³-hybridized carbons (Fsp3) is 0.130. The van der Waals surface area contributed by atoms with Gasteiger partial charge in [-0.05, 0) is 42.3 Å². The second kappa shape index (κ2) is 7.06. The highest BCUT2D eigenvalue weighted by Crippen LogP contribution is 2.34. The van der Waals surface area contributed by atoms with E-state index >= 15 is 0 Å². The smallest absolute Gasteiger partial charge is 0.285 e. The molecule has 8 nitrogen and oxygen atoms in total. The van der Waals surface area contributed by atoms with Gasteiger partial charge in [-0.1, -0.05) is 30.7 Å². The van der Waals surface area contributed by atoms with Crippen molar-refractivity contribution in [1.82, 2.24) is 24.4 Å². The normalized spacial score (nSPS) is 12.7. The number of halogens is 1. The van der Waals surface area contributed by atoms with Crippen LogP contribution in [0.4, 0.5) is 0 Å². The van der Waals surface area contributed by atoms with E-state index in [4.69, 9.17) is 26.2 Å². The molecule has 0 aliphatic carbocycles. The predicted molar refractivity (Wildman–Crippen MR) is 120 cm³/mol. The second-order valence-electron chi connectivity index (χ2n) is 7.38. The maximum atomic E-state index is 13.3. The number of nitrogens with zero attached hydrogens (tertiary/aromatic N) is 5. The number of benzene rings is 2. The zero-order valence-electron chi connectivity index (χ0n) is 16.9. The lowest BCUT2D eigenvalue weighted by atomic mass is 10.0. The van der Waals surface area contributed by atoms with Crippen LogP contribution >= 0.6 is 11.6 Å². The van der Waals surface area contributed by atoms with Gasteiger partial charge in [-0.2, -0.15) is 5.10 Å². The summed E-state index contributed by atoms with van der Waals surface area (Å²) in [7, 11) is 0. The quantitative estimate of drug-likeness (QED) is 0.417. The molecule has 32 heavy (non-hydrogen) atoms. The molecule has 1 aliphatic rings. The van der Waals surface area contributed by atoms with Gasteiger partial charge in [0.2, 0.25) is 6.79 Å². The summed E-state index contributed by atoms with van der Waals surface area (Å²) in [6, 6.07) is 14.7. The van der Waals surface area contributed by atoms with Crippen LogP contribution in [0.3, 0.4) is 0 Å². The lowest BCUT2D eigenvalue weighted by molar-refractivity contribution is 0.174. The Balaban J connectivity index is 1.56. The Hall–Kier alpha value is -3.91. The van der Waals surface area contributed by atoms with Crippen molar-refractivity contribution in [3.8, 4) is 28.3 Å². The minimum absolute atomic E-state index is 0.171. The van der Waals surface area contributed by atoms with E-state index < -0.39 is 0 Å². The number of hydrogen-bond donors (Lipinski definition) is 0. The van der Waals surface area contributed by atoms with Gasteiger partial charge >= 0.3 is 0 Å². The van der Waals surface area contributed by atoms with E-state index in [1.165, 1.54) is 4.57 Å². The lowest BCUT2D eigenvalue weighted by Crippen LogP contribution is -2.20. The van der Waals surface area contributed by atoms with E-state index in [1.54, 1.807) is 28.9 Å². The third-order valence-electron chi connectivity index (χ3n) is 5.55. The van der Waals surface area contributed by atoms with E-state index in [-0.39, 0.29) is 17.9 Å². The summed E-state index contributed by atoms with van der Waals surface area (Å²) in [5, 5.41) is 14.1. The molecule has 0 bridgehead atoms. The molecule has 0 saturated carbocycles. The number of rotatable bonds is 3. The first kappa shape index (κ1) is 18.8. The summed E-state index contributed by atoms with van der Waals surface area (Å²) in [6.07, 6.45) is 2.41. The first-order valence-corrected chi connectivity index (χ1v) is 10.5. The first-order chi connectivity index (χ1) is 15.6. The third-order valence-corrected chi connectivity index (χ3v) is 5.81. The van der Waals surface area contributed by atoms with Gasteiger partial charge in [0, 0.05) is 17.3 Å². The molecule has 4 heterocycles. The van der Waals surface area contributed by atoms with Gasteiger partial charge in [0.1, 0.15) is 5.52 Å². The zero-order valence-corrected chi connectivity index (χ0v) is 17.7. The van der Waals surface area contributed by atoms with Crippen LogP contribution in [0, 0.1) is 0 Å². The molecule has 6 rings (SSSR count). The fourth-order valence-corrected chi connectivity index (χ4v) is 4.12. The Kier molecular flexibility index (Phi) is 4.16. The van der Waals surface area contributed by atoms with Crippen LogP contribution in [-0.2, 0) is 6.42 Å². The monoisotopic (exact) mass is 445 g/mol. The van der Waals surface area contributed by atoms with Crippen LogP contribution in [0.5, 0.6) is 11.5 Å². The van der Waals surface area contributed by atoms with Gasteiger partial charge in [-0.25, -0.2) is 4.52 Å². The summed E-state index contributed by atoms with van der Waals surface area (Å²) in [5.74, 6) is 1.26. The van der Waals surface area contributed by atoms with Gasteiger partial charge in [0.25, 0.3) is 5.56 Å². The summed E-state index contributed by atoms with van der Waals surface area (Å²) in [6.45, 7) is 2.20. The highest BCUT2D eigenvalue weighted by Gasteiger charge is 2.20. The molecule has 0 atom stereocenters. The first-order valence-electron chi connectivity index (χ1n) is 10.1. The number of fused-ring (bicyclic) bond motifs is 4. The summed E-state index contributed by atoms with van der Waals surface area (Å²) in [4.78, 5) is 13.3. The number of ether oxygens (including phenoxy) is 2. The molecule has 1 aliphatic heterocycles. The Morgan fingerprint density at radius 1 is 1.03 bits per heavy atom. The average molecular weight is 446 g/mol. The van der Waals surface area contributed by atoms with E-state index in [2.05, 4.69) is 10.2 Å². The maximum absolute atomic E-state index is 13.3. The summed E-state index contributed by atoms with van der Waals surface area (Å²) < 4.78 is 14.0. The van der Waals surface area contributed by atoms with E-state index in [0.717, 1.165) is 16.8 Å². The zero-order chi connectivity index (χ0) is 21.8. The van der Waals surface area contributed by atoms with Gasteiger partial charge in [0.15, 0.2) is 22.7 Å². The van der Waals surface area contributed by atoms with Crippen LogP contribution in [0.2, 0.25) is 5.02 Å². The molecular weight excluding hydrogens is 430 g/mol. The van der Waals surface area contributed by atoms with Gasteiger partial charge in [-0.15, -0.1) is 10.2 Å². The molecule has 0 fully saturated rings. The number of aryl methyl sites for hydroxylation is 1. The molecule has 0 spiro atoms. The molecule has 0 N–H and O–H groups in total. The molecule has 0 radical (unpaired) electrons.